The van der Waals surface area contributed by atoms with E-state index in [0.29, 0.717) is 23.5 Å². The fourth-order valence-corrected chi connectivity index (χ4v) is 4.05. The van der Waals surface area contributed by atoms with Gasteiger partial charge < -0.3 is 15.4 Å². The van der Waals surface area contributed by atoms with E-state index < -0.39 is 17.7 Å². The van der Waals surface area contributed by atoms with Crippen LogP contribution in [-0.2, 0) is 24.1 Å². The molecule has 0 aliphatic carbocycles. The van der Waals surface area contributed by atoms with Crippen molar-refractivity contribution in [3.63, 3.8) is 0 Å². The Kier molecular flexibility index (Phi) is 6.15. The molecule has 1 aliphatic heterocycles. The van der Waals surface area contributed by atoms with Gasteiger partial charge in [-0.05, 0) is 49.7 Å². The standard InChI is InChI=1S/C24H22F3N5O2/c1-13(8-28)10-32(11-17-5-4-16(9-30-17)24(25,26)27)23(33)15-3-6-20-18(7-15)19-12-34-14(2)21(19)22(29)31-20/h3-7,9,13-14H,10-12H2,1-2H3,(H2,29,31)/t13-,14+/m0/s1. The Morgan fingerprint density at radius 1 is 1.35 bits per heavy atom. The highest BCUT2D eigenvalue weighted by atomic mass is 19.4. The summed E-state index contributed by atoms with van der Waals surface area (Å²) in [5, 5.41) is 10.0. The number of amides is 1. The lowest BCUT2D eigenvalue weighted by Crippen LogP contribution is -2.34. The first-order chi connectivity index (χ1) is 16.1. The summed E-state index contributed by atoms with van der Waals surface area (Å²) in [6, 6.07) is 9.28. The second-order valence-corrected chi connectivity index (χ2v) is 8.33. The third kappa shape index (κ3) is 4.52. The lowest BCUT2D eigenvalue weighted by atomic mass is 10.00. The van der Waals surface area contributed by atoms with Crippen LogP contribution in [-0.4, -0.2) is 27.3 Å². The van der Waals surface area contributed by atoms with Crippen LogP contribution in [0.2, 0.25) is 0 Å². The molecule has 4 rings (SSSR count). The van der Waals surface area contributed by atoms with Gasteiger partial charge in [0.15, 0.2) is 0 Å². The zero-order valence-electron chi connectivity index (χ0n) is 18.6. The normalized spacial score (nSPS) is 16.2. The Morgan fingerprint density at radius 2 is 2.12 bits per heavy atom. The maximum absolute atomic E-state index is 13.4. The largest absolute Gasteiger partial charge is 0.417 e. The number of alkyl halides is 3. The summed E-state index contributed by atoms with van der Waals surface area (Å²) in [5.74, 6) is -0.466. The van der Waals surface area contributed by atoms with Gasteiger partial charge in [-0.2, -0.15) is 18.4 Å². The highest BCUT2D eigenvalue weighted by Crippen LogP contribution is 2.38. The average molecular weight is 469 g/mol. The minimum atomic E-state index is -4.50. The van der Waals surface area contributed by atoms with E-state index in [1.807, 2.05) is 6.92 Å². The van der Waals surface area contributed by atoms with Gasteiger partial charge in [0.25, 0.3) is 5.91 Å². The number of carbonyl (C=O) groups excluding carboxylic acids is 1. The van der Waals surface area contributed by atoms with Crippen molar-refractivity contribution in [2.45, 2.75) is 39.3 Å². The Balaban J connectivity index is 1.67. The zero-order valence-corrected chi connectivity index (χ0v) is 18.6. The number of benzene rings is 1. The van der Waals surface area contributed by atoms with E-state index in [0.717, 1.165) is 28.8 Å². The molecule has 2 N–H and O–H groups in total. The number of nitrogen functional groups attached to an aromatic ring is 1. The Labute approximate surface area is 194 Å². The summed E-state index contributed by atoms with van der Waals surface area (Å²) < 4.78 is 44.3. The van der Waals surface area contributed by atoms with E-state index in [4.69, 9.17) is 10.5 Å². The van der Waals surface area contributed by atoms with Gasteiger partial charge >= 0.3 is 6.18 Å². The fraction of sp³-hybridized carbons (Fsp3) is 0.333. The molecule has 1 amide bonds. The molecule has 176 valence electrons. The first-order valence-electron chi connectivity index (χ1n) is 10.6. The summed E-state index contributed by atoms with van der Waals surface area (Å²) in [4.78, 5) is 23.1. The number of nitrogens with two attached hydrogens (primary N) is 1. The molecule has 1 aromatic carbocycles. The Morgan fingerprint density at radius 3 is 2.76 bits per heavy atom. The highest BCUT2D eigenvalue weighted by molar-refractivity contribution is 5.99. The maximum atomic E-state index is 13.4. The smallest absolute Gasteiger partial charge is 0.383 e. The third-order valence-corrected chi connectivity index (χ3v) is 5.80. The molecule has 3 heterocycles. The number of fused-ring (bicyclic) bond motifs is 3. The van der Waals surface area contributed by atoms with E-state index in [1.165, 1.54) is 11.0 Å². The zero-order chi connectivity index (χ0) is 24.6. The molecular formula is C24H22F3N5O2. The summed E-state index contributed by atoms with van der Waals surface area (Å²) in [7, 11) is 0. The maximum Gasteiger partial charge on any atom is 0.417 e. The van der Waals surface area contributed by atoms with Crippen molar-refractivity contribution in [1.29, 1.82) is 5.26 Å². The lowest BCUT2D eigenvalue weighted by Gasteiger charge is -2.24. The second kappa shape index (κ2) is 8.91. The van der Waals surface area contributed by atoms with Gasteiger partial charge in [-0.25, -0.2) is 4.98 Å². The first kappa shape index (κ1) is 23.4. The molecule has 7 nitrogen and oxygen atoms in total. The number of halogens is 3. The molecule has 0 radical (unpaired) electrons. The molecule has 2 atom stereocenters. The predicted octanol–water partition coefficient (Wildman–Crippen LogP) is 4.62. The Bertz CT molecular complexity index is 1280. The molecule has 10 heteroatoms. The van der Waals surface area contributed by atoms with Crippen molar-refractivity contribution in [2.24, 2.45) is 5.92 Å². The van der Waals surface area contributed by atoms with Crippen LogP contribution in [0.1, 0.15) is 52.7 Å². The van der Waals surface area contributed by atoms with E-state index in [9.17, 15) is 23.2 Å². The Hall–Kier alpha value is -3.71. The third-order valence-electron chi connectivity index (χ3n) is 5.80. The van der Waals surface area contributed by atoms with Gasteiger partial charge in [0.2, 0.25) is 0 Å². The summed E-state index contributed by atoms with van der Waals surface area (Å²) in [5.41, 5.74) is 8.18. The van der Waals surface area contributed by atoms with Crippen molar-refractivity contribution in [1.82, 2.24) is 14.9 Å². The number of hydrogen-bond acceptors (Lipinski definition) is 6. The second-order valence-electron chi connectivity index (χ2n) is 8.33. The van der Waals surface area contributed by atoms with Crippen molar-refractivity contribution in [3.8, 4) is 6.07 Å². The monoisotopic (exact) mass is 469 g/mol. The van der Waals surface area contributed by atoms with Crippen LogP contribution >= 0.6 is 0 Å². The molecule has 0 spiro atoms. The van der Waals surface area contributed by atoms with Gasteiger partial charge in [0.1, 0.15) is 5.82 Å². The first-order valence-corrected chi connectivity index (χ1v) is 10.6. The molecule has 2 aromatic heterocycles. The van der Waals surface area contributed by atoms with Gasteiger partial charge in [-0.1, -0.05) is 0 Å². The topological polar surface area (TPSA) is 105 Å². The molecule has 0 unspecified atom stereocenters. The summed E-state index contributed by atoms with van der Waals surface area (Å²) >= 11 is 0. The number of rotatable bonds is 5. The number of aromatic nitrogens is 2. The number of carbonyl (C=O) groups is 1. The number of nitrogens with zero attached hydrogens (tertiary/aromatic N) is 4. The van der Waals surface area contributed by atoms with Crippen LogP contribution < -0.4 is 5.73 Å². The number of nitriles is 1. The molecule has 34 heavy (non-hydrogen) atoms. The number of pyridine rings is 2. The van der Waals surface area contributed by atoms with Crippen molar-refractivity contribution in [2.75, 3.05) is 12.3 Å². The van der Waals surface area contributed by atoms with Crippen LogP contribution in [0.3, 0.4) is 0 Å². The number of anilines is 1. The number of ether oxygens (including phenoxy) is 1. The van der Waals surface area contributed by atoms with Crippen molar-refractivity contribution in [3.05, 3.63) is 64.5 Å². The molecule has 0 saturated heterocycles. The van der Waals surface area contributed by atoms with Crippen LogP contribution in [0.25, 0.3) is 10.9 Å². The summed E-state index contributed by atoms with van der Waals surface area (Å²) in [6.07, 6.45) is -3.97. The van der Waals surface area contributed by atoms with E-state index in [-0.39, 0.29) is 30.8 Å². The van der Waals surface area contributed by atoms with E-state index in [1.54, 1.807) is 25.1 Å². The minimum absolute atomic E-state index is 0.0424. The van der Waals surface area contributed by atoms with Crippen molar-refractivity contribution < 1.29 is 22.7 Å². The average Bonchev–Trinajstić information content (AvgIpc) is 3.20. The highest BCUT2D eigenvalue weighted by Gasteiger charge is 2.31. The fourth-order valence-electron chi connectivity index (χ4n) is 4.05. The molecular weight excluding hydrogens is 447 g/mol. The molecule has 1 aliphatic rings. The van der Waals surface area contributed by atoms with Crippen LogP contribution in [0.15, 0.2) is 36.5 Å². The molecule has 0 bridgehead atoms. The van der Waals surface area contributed by atoms with E-state index in [2.05, 4.69) is 16.0 Å². The van der Waals surface area contributed by atoms with Gasteiger partial charge in [-0.3, -0.25) is 9.78 Å². The van der Waals surface area contributed by atoms with E-state index >= 15 is 0 Å². The number of hydrogen-bond donors (Lipinski definition) is 1. The molecule has 0 saturated carbocycles. The molecule has 0 fully saturated rings. The minimum Gasteiger partial charge on any atom is -0.383 e. The van der Waals surface area contributed by atoms with Crippen LogP contribution in [0, 0.1) is 17.2 Å². The molecule has 3 aromatic rings. The SMILES string of the molecule is C[C@@H](C#N)CN(Cc1ccc(C(F)(F)F)cn1)C(=O)c1ccc2nc(N)c3c(c2c1)CO[C@@H]3C. The van der Waals surface area contributed by atoms with Gasteiger partial charge in [-0.15, -0.1) is 0 Å². The van der Waals surface area contributed by atoms with Crippen molar-refractivity contribution >= 4 is 22.6 Å². The van der Waals surface area contributed by atoms with Gasteiger partial charge in [0, 0.05) is 29.3 Å². The lowest BCUT2D eigenvalue weighted by molar-refractivity contribution is -0.137. The van der Waals surface area contributed by atoms with Crippen LogP contribution in [0.4, 0.5) is 19.0 Å². The predicted molar refractivity (Wildman–Crippen MR) is 118 cm³/mol. The summed E-state index contributed by atoms with van der Waals surface area (Å²) in [6.45, 7) is 3.95. The van der Waals surface area contributed by atoms with Gasteiger partial charge in [0.05, 0.1) is 48.0 Å². The van der Waals surface area contributed by atoms with Crippen LogP contribution in [0.5, 0.6) is 0 Å². The quantitative estimate of drug-likeness (QED) is 0.584.